The number of nitrogens with zero attached hydrogens (tertiary/aromatic N) is 1. The monoisotopic (exact) mass is 307 g/mol. The Hall–Kier alpha value is -1.42. The molecule has 0 amide bonds. The molecule has 1 aromatic rings. The quantitative estimate of drug-likeness (QED) is 0.364. The molecule has 0 fully saturated rings. The number of rotatable bonds is 2. The van der Waals surface area contributed by atoms with Crippen LogP contribution < -0.4 is 0 Å². The second kappa shape index (κ2) is 4.35. The van der Waals surface area contributed by atoms with Gasteiger partial charge in [-0.05, 0) is 6.07 Å². The minimum absolute atomic E-state index is 0.0690. The van der Waals surface area contributed by atoms with Gasteiger partial charge < -0.3 is 0 Å². The van der Waals surface area contributed by atoms with E-state index in [4.69, 9.17) is 10.7 Å². The second-order valence-electron chi connectivity index (χ2n) is 2.99. The maximum atomic E-state index is 13.0. The molecule has 0 aromatic heterocycles. The van der Waals surface area contributed by atoms with E-state index in [1.807, 2.05) is 0 Å². The average molecular weight is 308 g/mol. The topological polar surface area (TPSA) is 77.3 Å². The Balaban J connectivity index is 3.75. The van der Waals surface area contributed by atoms with Crippen LogP contribution in [-0.4, -0.2) is 13.3 Å². The Bertz CT molecular complexity index is 613. The van der Waals surface area contributed by atoms with E-state index in [1.165, 1.54) is 0 Å². The van der Waals surface area contributed by atoms with Crippen molar-refractivity contribution in [3.05, 3.63) is 33.6 Å². The number of nitro benzene ring substituents is 1. The molecule has 0 aliphatic heterocycles. The molecule has 5 nitrogen and oxygen atoms in total. The van der Waals surface area contributed by atoms with Crippen molar-refractivity contribution in [1.82, 2.24) is 0 Å². The van der Waals surface area contributed by atoms with Gasteiger partial charge in [0.2, 0.25) is 5.82 Å². The summed E-state index contributed by atoms with van der Waals surface area (Å²) in [5.41, 5.74) is -3.32. The molecule has 0 aliphatic rings. The lowest BCUT2D eigenvalue weighted by Gasteiger charge is -2.10. The molecule has 0 heterocycles. The zero-order chi connectivity index (χ0) is 14.3. The number of halogens is 5. The highest BCUT2D eigenvalue weighted by molar-refractivity contribution is 8.13. The van der Waals surface area contributed by atoms with Crippen molar-refractivity contribution in [3.63, 3.8) is 0 Å². The molecule has 0 bridgehead atoms. The summed E-state index contributed by atoms with van der Waals surface area (Å²) >= 11 is 0. The van der Waals surface area contributed by atoms with E-state index in [0.717, 1.165) is 0 Å². The summed E-state index contributed by atoms with van der Waals surface area (Å²) in [7, 11) is -0.182. The first-order valence-electron chi connectivity index (χ1n) is 3.94. The summed E-state index contributed by atoms with van der Waals surface area (Å²) in [6.45, 7) is 0. The van der Waals surface area contributed by atoms with E-state index in [9.17, 15) is 36.1 Å². The van der Waals surface area contributed by atoms with Crippen molar-refractivity contribution in [1.29, 1.82) is 0 Å². The van der Waals surface area contributed by atoms with Crippen molar-refractivity contribution in [2.24, 2.45) is 0 Å². The van der Waals surface area contributed by atoms with E-state index in [-0.39, 0.29) is 12.1 Å². The fraction of sp³-hybridized carbons (Fsp3) is 0.143. The van der Waals surface area contributed by atoms with Gasteiger partial charge in [-0.25, -0.2) is 8.42 Å². The molecule has 11 heteroatoms. The molecule has 0 N–H and O–H groups in total. The highest BCUT2D eigenvalue weighted by Crippen LogP contribution is 2.38. The molecule has 1 aromatic carbocycles. The first-order chi connectivity index (χ1) is 7.94. The summed E-state index contributed by atoms with van der Waals surface area (Å²) in [5, 5.41) is 10.3. The van der Waals surface area contributed by atoms with Gasteiger partial charge in [0.15, 0.2) is 0 Å². The summed E-state index contributed by atoms with van der Waals surface area (Å²) in [5.74, 6) is -1.81. The Labute approximate surface area is 102 Å². The maximum absolute atomic E-state index is 13.0. The van der Waals surface area contributed by atoms with Crippen molar-refractivity contribution < 1.29 is 30.9 Å². The van der Waals surface area contributed by atoms with Gasteiger partial charge in [-0.2, -0.15) is 17.6 Å². The summed E-state index contributed by atoms with van der Waals surface area (Å²) in [4.78, 5) is 7.38. The van der Waals surface area contributed by atoms with Gasteiger partial charge in [-0.1, -0.05) is 0 Å². The molecular weight excluding hydrogens is 306 g/mol. The highest BCUT2D eigenvalue weighted by Gasteiger charge is 2.39. The van der Waals surface area contributed by atoms with Crippen LogP contribution in [0.2, 0.25) is 0 Å². The molecule has 18 heavy (non-hydrogen) atoms. The number of hydrogen-bond donors (Lipinski definition) is 0. The van der Waals surface area contributed by atoms with Crippen LogP contribution in [0.4, 0.5) is 23.2 Å². The molecule has 0 spiro atoms. The second-order valence-corrected chi connectivity index (χ2v) is 5.53. The van der Waals surface area contributed by atoms with Crippen LogP contribution in [0.25, 0.3) is 0 Å². The minimum atomic E-state index is -5.22. The van der Waals surface area contributed by atoms with Gasteiger partial charge in [-0.15, -0.1) is 0 Å². The van der Waals surface area contributed by atoms with E-state index >= 15 is 0 Å². The van der Waals surface area contributed by atoms with Crippen LogP contribution in [0, 0.1) is 15.9 Å². The first-order valence-corrected chi connectivity index (χ1v) is 6.25. The zero-order valence-corrected chi connectivity index (χ0v) is 9.61. The third-order valence-electron chi connectivity index (χ3n) is 1.81. The van der Waals surface area contributed by atoms with Gasteiger partial charge in [0.1, 0.15) is 4.90 Å². The van der Waals surface area contributed by atoms with Crippen LogP contribution in [0.1, 0.15) is 5.56 Å². The predicted molar refractivity (Wildman–Crippen MR) is 51.1 cm³/mol. The molecular formula is C7H2ClF4NO4S. The Morgan fingerprint density at radius 2 is 1.78 bits per heavy atom. The third-order valence-corrected chi connectivity index (χ3v) is 3.18. The lowest BCUT2D eigenvalue weighted by atomic mass is 10.2. The largest absolute Gasteiger partial charge is 0.417 e. The van der Waals surface area contributed by atoms with Crippen LogP contribution >= 0.6 is 10.7 Å². The van der Waals surface area contributed by atoms with Crippen LogP contribution in [0.15, 0.2) is 17.0 Å². The van der Waals surface area contributed by atoms with E-state index in [0.29, 0.717) is 0 Å². The van der Waals surface area contributed by atoms with E-state index in [1.54, 1.807) is 0 Å². The van der Waals surface area contributed by atoms with Crippen LogP contribution in [-0.2, 0) is 15.2 Å². The van der Waals surface area contributed by atoms with Crippen molar-refractivity contribution in [2.45, 2.75) is 11.1 Å². The summed E-state index contributed by atoms with van der Waals surface area (Å²) < 4.78 is 72.1. The summed E-state index contributed by atoms with van der Waals surface area (Å²) in [6.07, 6.45) is -5.22. The number of hydrogen-bond acceptors (Lipinski definition) is 4. The number of benzene rings is 1. The predicted octanol–water partition coefficient (Wildman–Crippen LogP) is 2.68. The third kappa shape index (κ3) is 2.88. The maximum Gasteiger partial charge on any atom is 0.417 e. The van der Waals surface area contributed by atoms with Crippen molar-refractivity contribution in [3.8, 4) is 0 Å². The summed E-state index contributed by atoms with van der Waals surface area (Å²) in [6, 6.07) is -0.353. The number of nitro groups is 1. The lowest BCUT2D eigenvalue weighted by Crippen LogP contribution is -2.12. The van der Waals surface area contributed by atoms with Crippen molar-refractivity contribution >= 4 is 25.4 Å². The first kappa shape index (κ1) is 14.6. The fourth-order valence-electron chi connectivity index (χ4n) is 1.11. The lowest BCUT2D eigenvalue weighted by molar-refractivity contribution is -0.387. The van der Waals surface area contributed by atoms with Crippen LogP contribution in [0.5, 0.6) is 0 Å². The standard InChI is InChI=1S/C7H2ClF4NO4S/c8-18(16,17)6-2-5(13(14)15)4(9)1-3(6)7(10,11)12/h1-2H. The molecule has 0 saturated heterocycles. The molecule has 0 atom stereocenters. The van der Waals surface area contributed by atoms with Gasteiger partial charge in [0, 0.05) is 16.7 Å². The van der Waals surface area contributed by atoms with Gasteiger partial charge in [0.05, 0.1) is 10.5 Å². The Morgan fingerprint density at radius 3 is 2.11 bits per heavy atom. The minimum Gasteiger partial charge on any atom is -0.258 e. The zero-order valence-electron chi connectivity index (χ0n) is 8.03. The van der Waals surface area contributed by atoms with Gasteiger partial charge in [0.25, 0.3) is 9.05 Å². The smallest absolute Gasteiger partial charge is 0.258 e. The average Bonchev–Trinajstić information content (AvgIpc) is 2.13. The molecule has 0 aliphatic carbocycles. The SMILES string of the molecule is O=[N+]([O-])c1cc(S(=O)(=O)Cl)c(C(F)(F)F)cc1F. The molecule has 1 rings (SSSR count). The fourth-order valence-corrected chi connectivity index (χ4v) is 2.18. The molecule has 0 radical (unpaired) electrons. The number of alkyl halides is 3. The molecule has 0 saturated carbocycles. The van der Waals surface area contributed by atoms with Gasteiger partial charge in [-0.3, -0.25) is 10.1 Å². The normalized spacial score (nSPS) is 12.5. The molecule has 0 unspecified atom stereocenters. The van der Waals surface area contributed by atoms with E-state index in [2.05, 4.69) is 0 Å². The van der Waals surface area contributed by atoms with Crippen molar-refractivity contribution in [2.75, 3.05) is 0 Å². The molecule has 100 valence electrons. The van der Waals surface area contributed by atoms with Crippen LogP contribution in [0.3, 0.4) is 0 Å². The van der Waals surface area contributed by atoms with Gasteiger partial charge >= 0.3 is 11.9 Å². The van der Waals surface area contributed by atoms with E-state index < -0.39 is 42.1 Å². The Kier molecular flexibility index (Phi) is 3.54. The highest BCUT2D eigenvalue weighted by atomic mass is 35.7. The Morgan fingerprint density at radius 1 is 1.28 bits per heavy atom.